The average molecular weight is 271 g/mol. The van der Waals surface area contributed by atoms with Gasteiger partial charge in [0.2, 0.25) is 0 Å². The highest BCUT2D eigenvalue weighted by Crippen LogP contribution is 2.13. The highest BCUT2D eigenvalue weighted by atomic mass is 79.9. The van der Waals surface area contributed by atoms with Gasteiger partial charge in [0, 0.05) is 11.1 Å². The van der Waals surface area contributed by atoms with Crippen molar-refractivity contribution in [3.05, 3.63) is 0 Å². The lowest BCUT2D eigenvalue weighted by atomic mass is 10.1. The van der Waals surface area contributed by atoms with Gasteiger partial charge in [-0.1, -0.05) is 36.2 Å². The normalized spacial score (nSPS) is 14.4. The Labute approximate surface area is 90.2 Å². The molecule has 0 N–H and O–H groups in total. The van der Waals surface area contributed by atoms with Crippen LogP contribution in [-0.2, 0) is 9.84 Å². The molecule has 0 heterocycles. The minimum absolute atomic E-state index is 0.339. The highest BCUT2D eigenvalue weighted by Gasteiger charge is 2.12. The summed E-state index contributed by atoms with van der Waals surface area (Å²) < 4.78 is 22.7. The van der Waals surface area contributed by atoms with Gasteiger partial charge in [-0.15, -0.1) is 0 Å². The molecule has 0 aromatic carbocycles. The molecule has 1 unspecified atom stereocenters. The van der Waals surface area contributed by atoms with Gasteiger partial charge in [-0.05, 0) is 18.8 Å². The van der Waals surface area contributed by atoms with Crippen LogP contribution in [0.25, 0.3) is 0 Å². The number of hydrogen-bond donors (Lipinski definition) is 0. The van der Waals surface area contributed by atoms with Gasteiger partial charge < -0.3 is 0 Å². The fourth-order valence-electron chi connectivity index (χ4n) is 1.15. The summed E-state index contributed by atoms with van der Waals surface area (Å²) in [5.41, 5.74) is 0. The fraction of sp³-hybridized carbons (Fsp3) is 1.00. The zero-order chi connectivity index (χ0) is 10.3. The molecule has 0 aliphatic heterocycles. The summed E-state index contributed by atoms with van der Waals surface area (Å²) in [4.78, 5) is 0. The van der Waals surface area contributed by atoms with Gasteiger partial charge in [-0.2, -0.15) is 0 Å². The molecule has 0 aromatic rings. The van der Waals surface area contributed by atoms with E-state index in [-0.39, 0.29) is 0 Å². The molecule has 0 saturated heterocycles. The molecule has 4 heteroatoms. The Hall–Kier alpha value is 0.430. The molecular formula is C9H19BrO2S. The molecule has 0 aromatic heterocycles. The summed E-state index contributed by atoms with van der Waals surface area (Å²) in [6.45, 7) is 4.00. The van der Waals surface area contributed by atoms with Crippen molar-refractivity contribution in [1.29, 1.82) is 0 Å². The number of halogens is 1. The van der Waals surface area contributed by atoms with Crippen LogP contribution in [0.2, 0.25) is 0 Å². The van der Waals surface area contributed by atoms with Crippen LogP contribution in [0.5, 0.6) is 0 Å². The van der Waals surface area contributed by atoms with Crippen molar-refractivity contribution in [2.45, 2.75) is 33.1 Å². The van der Waals surface area contributed by atoms with Crippen molar-refractivity contribution in [2.24, 2.45) is 5.92 Å². The highest BCUT2D eigenvalue weighted by molar-refractivity contribution is 9.09. The smallest absolute Gasteiger partial charge is 0.150 e. The van der Waals surface area contributed by atoms with Crippen molar-refractivity contribution in [3.8, 4) is 0 Å². The molecule has 1 atom stereocenters. The van der Waals surface area contributed by atoms with Crippen molar-refractivity contribution in [2.75, 3.05) is 16.8 Å². The van der Waals surface area contributed by atoms with Gasteiger partial charge in [0.05, 0.1) is 5.75 Å². The summed E-state index contributed by atoms with van der Waals surface area (Å²) >= 11 is 3.39. The van der Waals surface area contributed by atoms with Crippen LogP contribution in [0.15, 0.2) is 0 Å². The minimum atomic E-state index is -2.77. The van der Waals surface area contributed by atoms with Gasteiger partial charge in [-0.25, -0.2) is 8.42 Å². The molecule has 0 spiro atoms. The van der Waals surface area contributed by atoms with E-state index in [1.54, 1.807) is 0 Å². The Morgan fingerprint density at radius 1 is 1.23 bits per heavy atom. The van der Waals surface area contributed by atoms with Gasteiger partial charge in [0.1, 0.15) is 9.84 Å². The van der Waals surface area contributed by atoms with Crippen molar-refractivity contribution < 1.29 is 8.42 Å². The van der Waals surface area contributed by atoms with E-state index < -0.39 is 9.84 Å². The molecule has 80 valence electrons. The van der Waals surface area contributed by atoms with Gasteiger partial charge in [-0.3, -0.25) is 0 Å². The van der Waals surface area contributed by atoms with Crippen LogP contribution in [0, 0.1) is 5.92 Å². The van der Waals surface area contributed by atoms with E-state index in [2.05, 4.69) is 22.9 Å². The molecular weight excluding hydrogens is 252 g/mol. The molecule has 0 saturated carbocycles. The predicted octanol–water partition coefficient (Wildman–Crippen LogP) is 2.62. The molecule has 0 aliphatic rings. The maximum Gasteiger partial charge on any atom is 0.150 e. The largest absolute Gasteiger partial charge is 0.229 e. The summed E-state index contributed by atoms with van der Waals surface area (Å²) in [6, 6.07) is 0. The van der Waals surface area contributed by atoms with E-state index in [1.165, 1.54) is 0 Å². The van der Waals surface area contributed by atoms with E-state index in [1.807, 2.05) is 6.92 Å². The monoisotopic (exact) mass is 270 g/mol. The van der Waals surface area contributed by atoms with Crippen LogP contribution in [0.3, 0.4) is 0 Å². The quantitative estimate of drug-likeness (QED) is 0.667. The molecule has 0 bridgehead atoms. The third kappa shape index (κ3) is 6.49. The van der Waals surface area contributed by atoms with Crippen LogP contribution >= 0.6 is 15.9 Å². The maximum atomic E-state index is 11.4. The first-order valence-electron chi connectivity index (χ1n) is 4.82. The summed E-state index contributed by atoms with van der Waals surface area (Å²) in [5, 5.41) is 0.908. The Morgan fingerprint density at radius 2 is 1.85 bits per heavy atom. The van der Waals surface area contributed by atoms with Crippen molar-refractivity contribution in [1.82, 2.24) is 0 Å². The van der Waals surface area contributed by atoms with Gasteiger partial charge >= 0.3 is 0 Å². The van der Waals surface area contributed by atoms with Crippen LogP contribution in [0.1, 0.15) is 33.1 Å². The lowest BCUT2D eigenvalue weighted by Gasteiger charge is -2.10. The van der Waals surface area contributed by atoms with Crippen molar-refractivity contribution in [3.63, 3.8) is 0 Å². The third-order valence-electron chi connectivity index (χ3n) is 2.15. The number of rotatable bonds is 7. The van der Waals surface area contributed by atoms with Crippen LogP contribution in [-0.4, -0.2) is 25.3 Å². The number of hydrogen-bond acceptors (Lipinski definition) is 2. The number of alkyl halides is 1. The van der Waals surface area contributed by atoms with Crippen LogP contribution < -0.4 is 0 Å². The van der Waals surface area contributed by atoms with Gasteiger partial charge in [0.15, 0.2) is 0 Å². The molecule has 2 nitrogen and oxygen atoms in total. The summed E-state index contributed by atoms with van der Waals surface area (Å²) in [7, 11) is -2.77. The molecule has 0 radical (unpaired) electrons. The lowest BCUT2D eigenvalue weighted by molar-refractivity contribution is 0.541. The minimum Gasteiger partial charge on any atom is -0.229 e. The topological polar surface area (TPSA) is 34.1 Å². The van der Waals surface area contributed by atoms with E-state index in [9.17, 15) is 8.42 Å². The number of sulfone groups is 1. The maximum absolute atomic E-state index is 11.4. The van der Waals surface area contributed by atoms with E-state index >= 15 is 0 Å². The first-order chi connectivity index (χ1) is 6.05. The van der Waals surface area contributed by atoms with E-state index in [0.717, 1.165) is 24.6 Å². The second kappa shape index (κ2) is 6.82. The van der Waals surface area contributed by atoms with Crippen molar-refractivity contribution >= 4 is 25.8 Å². The third-order valence-corrected chi connectivity index (χ3v) is 4.95. The van der Waals surface area contributed by atoms with E-state index in [4.69, 9.17) is 0 Å². The lowest BCUT2D eigenvalue weighted by Crippen LogP contribution is -2.14. The SMILES string of the molecule is CCCS(=O)(=O)CCC(CC)CBr. The fourth-order valence-corrected chi connectivity index (χ4v) is 3.45. The molecule has 0 rings (SSSR count). The molecule has 0 amide bonds. The second-order valence-electron chi connectivity index (χ2n) is 3.37. The average Bonchev–Trinajstić information content (AvgIpc) is 2.06. The zero-order valence-corrected chi connectivity index (χ0v) is 10.8. The van der Waals surface area contributed by atoms with Gasteiger partial charge in [0.25, 0.3) is 0 Å². The first kappa shape index (κ1) is 13.4. The Kier molecular flexibility index (Phi) is 7.05. The predicted molar refractivity (Wildman–Crippen MR) is 61.1 cm³/mol. The Morgan fingerprint density at radius 3 is 2.23 bits per heavy atom. The van der Waals surface area contributed by atoms with Crippen LogP contribution in [0.4, 0.5) is 0 Å². The Bertz CT molecular complexity index is 208. The first-order valence-corrected chi connectivity index (χ1v) is 7.76. The summed E-state index contributed by atoms with van der Waals surface area (Å²) in [6.07, 6.45) is 2.57. The second-order valence-corrected chi connectivity index (χ2v) is 6.32. The zero-order valence-electron chi connectivity index (χ0n) is 8.42. The standard InChI is InChI=1S/C9H19BrO2S/c1-3-6-13(11,12)7-5-9(4-2)8-10/h9H,3-8H2,1-2H3. The molecule has 0 fully saturated rings. The summed E-state index contributed by atoms with van der Waals surface area (Å²) in [5.74, 6) is 1.20. The Balaban J connectivity index is 3.86. The molecule has 0 aliphatic carbocycles. The molecule has 13 heavy (non-hydrogen) atoms. The van der Waals surface area contributed by atoms with E-state index in [0.29, 0.717) is 17.4 Å².